The molecule has 3 amide bonds. The summed E-state index contributed by atoms with van der Waals surface area (Å²) in [5.74, 6) is -0.379. The van der Waals surface area contributed by atoms with Crippen LogP contribution in [0, 0.1) is 18.7 Å². The molecule has 0 aliphatic carbocycles. The largest absolute Gasteiger partial charge is 0.381 e. The normalized spacial score (nSPS) is 22.2. The van der Waals surface area contributed by atoms with Gasteiger partial charge in [0.05, 0.1) is 18.6 Å². The topological polar surface area (TPSA) is 61.9 Å². The second-order valence-electron chi connectivity index (χ2n) is 7.60. The van der Waals surface area contributed by atoms with Gasteiger partial charge in [-0.1, -0.05) is 11.6 Å². The number of halogens is 2. The van der Waals surface area contributed by atoms with E-state index < -0.39 is 5.82 Å². The van der Waals surface area contributed by atoms with Crippen molar-refractivity contribution in [2.45, 2.75) is 38.8 Å². The molecule has 2 atom stereocenters. The fourth-order valence-corrected chi connectivity index (χ4v) is 3.92. The highest BCUT2D eigenvalue weighted by Crippen LogP contribution is 2.22. The molecule has 2 aliphatic heterocycles. The van der Waals surface area contributed by atoms with E-state index in [1.807, 2.05) is 4.90 Å². The van der Waals surface area contributed by atoms with Gasteiger partial charge in [-0.25, -0.2) is 9.18 Å². The lowest BCUT2D eigenvalue weighted by molar-refractivity contribution is -0.137. The van der Waals surface area contributed by atoms with E-state index in [-0.39, 0.29) is 30.4 Å². The van der Waals surface area contributed by atoms with Gasteiger partial charge in [0.2, 0.25) is 5.91 Å². The number of rotatable bonds is 4. The van der Waals surface area contributed by atoms with Gasteiger partial charge in [-0.3, -0.25) is 4.79 Å². The predicted octanol–water partition coefficient (Wildman–Crippen LogP) is 2.96. The number of hydrogen-bond donors (Lipinski definition) is 1. The minimum Gasteiger partial charge on any atom is -0.381 e. The third kappa shape index (κ3) is 4.75. The lowest BCUT2D eigenvalue weighted by Crippen LogP contribution is -2.53. The maximum Gasteiger partial charge on any atom is 0.317 e. The summed E-state index contributed by atoms with van der Waals surface area (Å²) in [6.45, 7) is 4.24. The molecule has 0 radical (unpaired) electrons. The first kappa shape index (κ1) is 20.9. The van der Waals surface area contributed by atoms with E-state index in [1.54, 1.807) is 24.9 Å². The van der Waals surface area contributed by atoms with Gasteiger partial charge in [-0.2, -0.15) is 0 Å². The van der Waals surface area contributed by atoms with Crippen LogP contribution < -0.4 is 5.32 Å². The van der Waals surface area contributed by atoms with Crippen molar-refractivity contribution in [1.82, 2.24) is 15.1 Å². The fraction of sp³-hybridized carbons (Fsp3) is 0.600. The van der Waals surface area contributed by atoms with Crippen LogP contribution in [-0.4, -0.2) is 61.1 Å². The lowest BCUT2D eigenvalue weighted by atomic mass is 10.0. The SMILES string of the molecule is Cc1cc(CNC(=O)N(C)[C@@H]2CCCN(C(=O)C3CCOC3)C2)c(F)cc1Cl. The second-order valence-corrected chi connectivity index (χ2v) is 8.01. The molecule has 3 rings (SSSR count). The van der Waals surface area contributed by atoms with Crippen LogP contribution in [0.15, 0.2) is 12.1 Å². The van der Waals surface area contributed by atoms with Gasteiger partial charge in [-0.15, -0.1) is 0 Å². The summed E-state index contributed by atoms with van der Waals surface area (Å²) in [5.41, 5.74) is 1.16. The van der Waals surface area contributed by atoms with Gasteiger partial charge in [0.25, 0.3) is 0 Å². The van der Waals surface area contributed by atoms with Gasteiger partial charge in [-0.05, 0) is 43.9 Å². The summed E-state index contributed by atoms with van der Waals surface area (Å²) >= 11 is 5.91. The predicted molar refractivity (Wildman–Crippen MR) is 105 cm³/mol. The first-order valence-corrected chi connectivity index (χ1v) is 10.1. The summed E-state index contributed by atoms with van der Waals surface area (Å²) in [7, 11) is 1.72. The molecule has 2 aliphatic rings. The van der Waals surface area contributed by atoms with Crippen molar-refractivity contribution >= 4 is 23.5 Å². The number of piperidine rings is 1. The number of nitrogens with zero attached hydrogens (tertiary/aromatic N) is 2. The Hall–Kier alpha value is -1.86. The van der Waals surface area contributed by atoms with Gasteiger partial charge in [0, 0.05) is 43.9 Å². The Balaban J connectivity index is 1.55. The number of carbonyl (C=O) groups excluding carboxylic acids is 2. The molecule has 1 N–H and O–H groups in total. The standard InChI is InChI=1S/C20H27ClFN3O3/c1-13-8-15(18(22)9-17(13)21)10-23-20(27)24(2)16-4-3-6-25(11-16)19(26)14-5-7-28-12-14/h8-9,14,16H,3-7,10-12H2,1-2H3,(H,23,27)/t14?,16-/m1/s1. The quantitative estimate of drug-likeness (QED) is 0.828. The van der Waals surface area contributed by atoms with Crippen molar-refractivity contribution in [3.8, 4) is 0 Å². The number of carbonyl (C=O) groups is 2. The van der Waals surface area contributed by atoms with Gasteiger partial charge in [0.1, 0.15) is 5.82 Å². The van der Waals surface area contributed by atoms with Crippen LogP contribution in [0.3, 0.4) is 0 Å². The average molecular weight is 412 g/mol. The number of likely N-dealkylation sites (N-methyl/N-ethyl adjacent to an activating group) is 1. The van der Waals surface area contributed by atoms with Crippen molar-refractivity contribution in [2.24, 2.45) is 5.92 Å². The van der Waals surface area contributed by atoms with Gasteiger partial charge in [0.15, 0.2) is 0 Å². The summed E-state index contributed by atoms with van der Waals surface area (Å²) in [6, 6.07) is 2.56. The average Bonchev–Trinajstić information content (AvgIpc) is 3.23. The Kier molecular flexibility index (Phi) is 6.78. The van der Waals surface area contributed by atoms with E-state index >= 15 is 0 Å². The van der Waals surface area contributed by atoms with E-state index in [4.69, 9.17) is 16.3 Å². The first-order valence-electron chi connectivity index (χ1n) is 9.68. The summed E-state index contributed by atoms with van der Waals surface area (Å²) in [5, 5.41) is 3.13. The highest BCUT2D eigenvalue weighted by Gasteiger charge is 2.33. The highest BCUT2D eigenvalue weighted by molar-refractivity contribution is 6.31. The Morgan fingerprint density at radius 2 is 2.18 bits per heavy atom. The van der Waals surface area contributed by atoms with E-state index in [1.165, 1.54) is 6.07 Å². The van der Waals surface area contributed by atoms with Crippen LogP contribution in [-0.2, 0) is 16.1 Å². The number of aryl methyl sites for hydroxylation is 1. The molecule has 0 spiro atoms. The number of ether oxygens (including phenoxy) is 1. The molecule has 8 heteroatoms. The van der Waals surface area contributed by atoms with Crippen LogP contribution in [0.25, 0.3) is 0 Å². The molecular formula is C20H27ClFN3O3. The minimum atomic E-state index is -0.438. The lowest BCUT2D eigenvalue weighted by Gasteiger charge is -2.38. The van der Waals surface area contributed by atoms with Crippen molar-refractivity contribution in [3.05, 3.63) is 34.1 Å². The fourth-order valence-electron chi connectivity index (χ4n) is 3.77. The third-order valence-electron chi connectivity index (χ3n) is 5.61. The molecular weight excluding hydrogens is 385 g/mol. The van der Waals surface area contributed by atoms with Gasteiger partial charge >= 0.3 is 6.03 Å². The molecule has 0 bridgehead atoms. The molecule has 1 aromatic carbocycles. The van der Waals surface area contributed by atoms with E-state index in [9.17, 15) is 14.0 Å². The molecule has 0 aromatic heterocycles. The smallest absolute Gasteiger partial charge is 0.317 e. The Labute approximate surface area is 170 Å². The zero-order valence-electron chi connectivity index (χ0n) is 16.3. The Morgan fingerprint density at radius 3 is 2.89 bits per heavy atom. The second kappa shape index (κ2) is 9.09. The number of amides is 3. The maximum absolute atomic E-state index is 14.0. The molecule has 1 unspecified atom stereocenters. The molecule has 2 fully saturated rings. The molecule has 28 heavy (non-hydrogen) atoms. The number of likely N-dealkylation sites (tertiary alicyclic amines) is 1. The molecule has 6 nitrogen and oxygen atoms in total. The molecule has 2 saturated heterocycles. The van der Waals surface area contributed by atoms with E-state index in [0.717, 1.165) is 31.4 Å². The third-order valence-corrected chi connectivity index (χ3v) is 6.02. The zero-order valence-corrected chi connectivity index (χ0v) is 17.1. The van der Waals surface area contributed by atoms with Crippen molar-refractivity contribution < 1.29 is 18.7 Å². The zero-order chi connectivity index (χ0) is 20.3. The van der Waals surface area contributed by atoms with Crippen molar-refractivity contribution in [2.75, 3.05) is 33.4 Å². The summed E-state index contributed by atoms with van der Waals surface area (Å²) in [4.78, 5) is 28.6. The molecule has 154 valence electrons. The molecule has 0 saturated carbocycles. The van der Waals surface area contributed by atoms with Crippen molar-refractivity contribution in [1.29, 1.82) is 0 Å². The summed E-state index contributed by atoms with van der Waals surface area (Å²) < 4.78 is 19.3. The molecule has 2 heterocycles. The van der Waals surface area contributed by atoms with Crippen LogP contribution in [0.1, 0.15) is 30.4 Å². The van der Waals surface area contributed by atoms with Gasteiger partial charge < -0.3 is 19.9 Å². The van der Waals surface area contributed by atoms with Crippen molar-refractivity contribution in [3.63, 3.8) is 0 Å². The van der Waals surface area contributed by atoms with E-state index in [0.29, 0.717) is 30.3 Å². The van der Waals surface area contributed by atoms with Crippen LogP contribution in [0.5, 0.6) is 0 Å². The number of urea groups is 1. The molecule has 1 aromatic rings. The number of hydrogen-bond acceptors (Lipinski definition) is 3. The van der Waals surface area contributed by atoms with Crippen LogP contribution >= 0.6 is 11.6 Å². The Morgan fingerprint density at radius 1 is 1.39 bits per heavy atom. The van der Waals surface area contributed by atoms with Crippen LogP contribution in [0.4, 0.5) is 9.18 Å². The highest BCUT2D eigenvalue weighted by atomic mass is 35.5. The van der Waals surface area contributed by atoms with Crippen LogP contribution in [0.2, 0.25) is 5.02 Å². The summed E-state index contributed by atoms with van der Waals surface area (Å²) in [6.07, 6.45) is 2.46. The monoisotopic (exact) mass is 411 g/mol. The van der Waals surface area contributed by atoms with E-state index in [2.05, 4.69) is 5.32 Å². The number of benzene rings is 1. The number of nitrogens with one attached hydrogen (secondary N) is 1. The minimum absolute atomic E-state index is 0.0585. The first-order chi connectivity index (χ1) is 13.4. The maximum atomic E-state index is 14.0. The Bertz CT molecular complexity index is 740.